The summed E-state index contributed by atoms with van der Waals surface area (Å²) < 4.78 is 0. The van der Waals surface area contributed by atoms with Gasteiger partial charge in [-0.15, -0.1) is 11.3 Å². The fourth-order valence-corrected chi connectivity index (χ4v) is 3.18. The van der Waals surface area contributed by atoms with Gasteiger partial charge in [0.25, 0.3) is 5.91 Å². The molecule has 1 aliphatic carbocycles. The summed E-state index contributed by atoms with van der Waals surface area (Å²) in [6.07, 6.45) is 6.47. The van der Waals surface area contributed by atoms with Crippen molar-refractivity contribution in [2.24, 2.45) is 0 Å². The van der Waals surface area contributed by atoms with Gasteiger partial charge in [-0.2, -0.15) is 0 Å². The van der Waals surface area contributed by atoms with Crippen LogP contribution in [0.2, 0.25) is 0 Å². The van der Waals surface area contributed by atoms with E-state index in [9.17, 15) is 4.79 Å². The molecule has 1 heterocycles. The van der Waals surface area contributed by atoms with Gasteiger partial charge in [-0.05, 0) is 12.8 Å². The van der Waals surface area contributed by atoms with Crippen molar-refractivity contribution in [2.75, 3.05) is 11.9 Å². The molecule has 0 saturated heterocycles. The minimum Gasteiger partial charge on any atom is -0.334 e. The SMILES string of the molecule is O=C(c1cncs1)N(CCBr)C1CCCC1. The molecule has 2 rings (SSSR count). The van der Waals surface area contributed by atoms with Crippen molar-refractivity contribution >= 4 is 33.2 Å². The van der Waals surface area contributed by atoms with Crippen molar-refractivity contribution < 1.29 is 4.79 Å². The second-order valence-electron chi connectivity index (χ2n) is 3.99. The van der Waals surface area contributed by atoms with Gasteiger partial charge in [0.2, 0.25) is 0 Å². The van der Waals surface area contributed by atoms with E-state index in [1.54, 1.807) is 11.7 Å². The lowest BCUT2D eigenvalue weighted by Gasteiger charge is -2.27. The molecule has 1 aliphatic rings. The Morgan fingerprint density at radius 2 is 2.31 bits per heavy atom. The second kappa shape index (κ2) is 5.77. The average molecular weight is 303 g/mol. The normalized spacial score (nSPS) is 16.6. The van der Waals surface area contributed by atoms with Crippen LogP contribution in [0.25, 0.3) is 0 Å². The molecule has 0 radical (unpaired) electrons. The van der Waals surface area contributed by atoms with Crippen LogP contribution in [0, 0.1) is 0 Å². The Morgan fingerprint density at radius 1 is 1.56 bits per heavy atom. The van der Waals surface area contributed by atoms with Crippen LogP contribution < -0.4 is 0 Å². The second-order valence-corrected chi connectivity index (χ2v) is 5.67. The lowest BCUT2D eigenvalue weighted by atomic mass is 10.2. The molecular weight excluding hydrogens is 288 g/mol. The Kier molecular flexibility index (Phi) is 4.35. The zero-order valence-electron chi connectivity index (χ0n) is 9.06. The molecule has 5 heteroatoms. The Bertz CT molecular complexity index is 336. The Morgan fingerprint density at radius 3 is 2.88 bits per heavy atom. The first-order valence-corrected chi connectivity index (χ1v) is 7.58. The minimum absolute atomic E-state index is 0.147. The van der Waals surface area contributed by atoms with Gasteiger partial charge in [0, 0.05) is 17.9 Å². The molecule has 0 atom stereocenters. The lowest BCUT2D eigenvalue weighted by Crippen LogP contribution is -2.39. The number of hydrogen-bond donors (Lipinski definition) is 0. The van der Waals surface area contributed by atoms with E-state index in [2.05, 4.69) is 20.9 Å². The van der Waals surface area contributed by atoms with Gasteiger partial charge < -0.3 is 4.90 Å². The summed E-state index contributed by atoms with van der Waals surface area (Å²) in [4.78, 5) is 19.0. The molecule has 1 fully saturated rings. The van der Waals surface area contributed by atoms with E-state index in [1.807, 2.05) is 4.90 Å². The highest BCUT2D eigenvalue weighted by Crippen LogP contribution is 2.25. The third-order valence-electron chi connectivity index (χ3n) is 2.99. The maximum absolute atomic E-state index is 12.3. The lowest BCUT2D eigenvalue weighted by molar-refractivity contribution is 0.0701. The monoisotopic (exact) mass is 302 g/mol. The van der Waals surface area contributed by atoms with E-state index in [-0.39, 0.29) is 5.91 Å². The van der Waals surface area contributed by atoms with E-state index in [4.69, 9.17) is 0 Å². The number of hydrogen-bond acceptors (Lipinski definition) is 3. The van der Waals surface area contributed by atoms with Crippen LogP contribution in [-0.2, 0) is 0 Å². The van der Waals surface area contributed by atoms with Crippen LogP contribution in [0.1, 0.15) is 35.4 Å². The zero-order chi connectivity index (χ0) is 11.4. The summed E-state index contributed by atoms with van der Waals surface area (Å²) >= 11 is 4.85. The zero-order valence-corrected chi connectivity index (χ0v) is 11.5. The minimum atomic E-state index is 0.147. The highest BCUT2D eigenvalue weighted by Gasteiger charge is 2.27. The Hall–Kier alpha value is -0.420. The summed E-state index contributed by atoms with van der Waals surface area (Å²) in [6.45, 7) is 0.793. The van der Waals surface area contributed by atoms with Gasteiger partial charge in [0.1, 0.15) is 4.88 Å². The quantitative estimate of drug-likeness (QED) is 0.801. The number of amides is 1. The van der Waals surface area contributed by atoms with Crippen molar-refractivity contribution in [3.05, 3.63) is 16.6 Å². The molecule has 16 heavy (non-hydrogen) atoms. The first kappa shape index (κ1) is 12.0. The maximum atomic E-state index is 12.3. The fraction of sp³-hybridized carbons (Fsp3) is 0.636. The average Bonchev–Trinajstić information content (AvgIpc) is 2.96. The van der Waals surface area contributed by atoms with Crippen LogP contribution >= 0.6 is 27.3 Å². The van der Waals surface area contributed by atoms with E-state index < -0.39 is 0 Å². The highest BCUT2D eigenvalue weighted by atomic mass is 79.9. The number of aromatic nitrogens is 1. The smallest absolute Gasteiger partial charge is 0.265 e. The molecule has 0 N–H and O–H groups in total. The van der Waals surface area contributed by atoms with Crippen molar-refractivity contribution in [1.82, 2.24) is 9.88 Å². The predicted octanol–water partition coefficient (Wildman–Crippen LogP) is 2.92. The summed E-state index contributed by atoms with van der Waals surface area (Å²) in [6, 6.07) is 0.437. The molecule has 0 aromatic carbocycles. The number of thiazole rings is 1. The molecule has 0 unspecified atom stereocenters. The van der Waals surface area contributed by atoms with Gasteiger partial charge >= 0.3 is 0 Å². The largest absolute Gasteiger partial charge is 0.334 e. The molecule has 88 valence electrons. The third-order valence-corrected chi connectivity index (χ3v) is 4.11. The van der Waals surface area contributed by atoms with E-state index >= 15 is 0 Å². The molecule has 0 spiro atoms. The number of nitrogens with zero attached hydrogens (tertiary/aromatic N) is 2. The molecule has 1 aromatic heterocycles. The molecule has 3 nitrogen and oxygen atoms in total. The molecule has 0 aliphatic heterocycles. The topological polar surface area (TPSA) is 33.2 Å². The molecule has 1 saturated carbocycles. The molecule has 1 aromatic rings. The van der Waals surface area contributed by atoms with Crippen molar-refractivity contribution in [3.63, 3.8) is 0 Å². The number of alkyl halides is 1. The molecular formula is C11H15BrN2OS. The number of halogens is 1. The van der Waals surface area contributed by atoms with Gasteiger partial charge in [-0.25, -0.2) is 0 Å². The predicted molar refractivity (Wildman–Crippen MR) is 69.2 cm³/mol. The van der Waals surface area contributed by atoms with Crippen LogP contribution in [0.5, 0.6) is 0 Å². The summed E-state index contributed by atoms with van der Waals surface area (Å²) in [5.41, 5.74) is 1.72. The van der Waals surface area contributed by atoms with Crippen LogP contribution in [0.4, 0.5) is 0 Å². The van der Waals surface area contributed by atoms with Crippen LogP contribution in [-0.4, -0.2) is 33.7 Å². The number of carbonyl (C=O) groups is 1. The molecule has 1 amide bonds. The van der Waals surface area contributed by atoms with Gasteiger partial charge in [-0.1, -0.05) is 28.8 Å². The van der Waals surface area contributed by atoms with Gasteiger partial charge in [0.15, 0.2) is 0 Å². The Labute approximate surface area is 108 Å². The standard InChI is InChI=1S/C11H15BrN2OS/c12-5-6-14(9-3-1-2-4-9)11(15)10-7-13-8-16-10/h7-9H,1-6H2. The maximum Gasteiger partial charge on any atom is 0.265 e. The van der Waals surface area contributed by atoms with Crippen LogP contribution in [0.15, 0.2) is 11.7 Å². The molecule has 0 bridgehead atoms. The van der Waals surface area contributed by atoms with E-state index in [1.165, 1.54) is 24.2 Å². The third kappa shape index (κ3) is 2.63. The first-order chi connectivity index (χ1) is 7.83. The van der Waals surface area contributed by atoms with Gasteiger partial charge in [0.05, 0.1) is 11.7 Å². The summed E-state index contributed by atoms with van der Waals surface area (Å²) in [7, 11) is 0. The Balaban J connectivity index is 2.09. The fourth-order valence-electron chi connectivity index (χ4n) is 2.22. The summed E-state index contributed by atoms with van der Waals surface area (Å²) in [5, 5.41) is 0.841. The van der Waals surface area contributed by atoms with E-state index in [0.717, 1.165) is 29.6 Å². The van der Waals surface area contributed by atoms with Crippen LogP contribution in [0.3, 0.4) is 0 Å². The van der Waals surface area contributed by atoms with Gasteiger partial charge in [-0.3, -0.25) is 9.78 Å². The number of carbonyl (C=O) groups excluding carboxylic acids is 1. The summed E-state index contributed by atoms with van der Waals surface area (Å²) in [5.74, 6) is 0.147. The van der Waals surface area contributed by atoms with E-state index in [0.29, 0.717) is 6.04 Å². The number of rotatable bonds is 4. The van der Waals surface area contributed by atoms with Crippen molar-refractivity contribution in [1.29, 1.82) is 0 Å². The first-order valence-electron chi connectivity index (χ1n) is 5.58. The van der Waals surface area contributed by atoms with Crippen molar-refractivity contribution in [2.45, 2.75) is 31.7 Å². The highest BCUT2D eigenvalue weighted by molar-refractivity contribution is 9.09. The van der Waals surface area contributed by atoms with Crippen molar-refractivity contribution in [3.8, 4) is 0 Å².